The summed E-state index contributed by atoms with van der Waals surface area (Å²) in [4.78, 5) is 14.7. The smallest absolute Gasteiger partial charge is 0.269 e. The van der Waals surface area contributed by atoms with Crippen LogP contribution in [0.25, 0.3) is 0 Å². The highest BCUT2D eigenvalue weighted by atomic mass is 16.5. The fourth-order valence-electron chi connectivity index (χ4n) is 4.16. The SMILES string of the molecule is CC(C)Oc1ccc(CN2CCCC(c3cc4n(n3)CCCNC4=O)C2)cc1. The van der Waals surface area contributed by atoms with E-state index in [0.717, 1.165) is 63.4 Å². The predicted octanol–water partition coefficient (Wildman–Crippen LogP) is 3.18. The number of hydrogen-bond acceptors (Lipinski definition) is 4. The number of rotatable bonds is 5. The van der Waals surface area contributed by atoms with Crippen molar-refractivity contribution in [3.63, 3.8) is 0 Å². The summed E-state index contributed by atoms with van der Waals surface area (Å²) in [5.74, 6) is 1.32. The van der Waals surface area contributed by atoms with Crippen molar-refractivity contribution < 1.29 is 9.53 Å². The Kier molecular flexibility index (Phi) is 5.67. The minimum absolute atomic E-state index is 0.00706. The van der Waals surface area contributed by atoms with Crippen LogP contribution in [0.3, 0.4) is 0 Å². The molecule has 6 nitrogen and oxygen atoms in total. The molecular formula is C22H30N4O2. The van der Waals surface area contributed by atoms with Gasteiger partial charge in [0.25, 0.3) is 5.91 Å². The number of hydrogen-bond donors (Lipinski definition) is 1. The minimum atomic E-state index is 0.00706. The van der Waals surface area contributed by atoms with Gasteiger partial charge in [0.1, 0.15) is 11.4 Å². The van der Waals surface area contributed by atoms with Crippen LogP contribution >= 0.6 is 0 Å². The van der Waals surface area contributed by atoms with Gasteiger partial charge in [-0.2, -0.15) is 5.10 Å². The number of likely N-dealkylation sites (tertiary alicyclic amines) is 1. The summed E-state index contributed by atoms with van der Waals surface area (Å²) in [5, 5.41) is 7.73. The third-order valence-electron chi connectivity index (χ3n) is 5.49. The molecule has 0 bridgehead atoms. The maximum atomic E-state index is 12.2. The first-order valence-electron chi connectivity index (χ1n) is 10.4. The Morgan fingerprint density at radius 3 is 2.82 bits per heavy atom. The lowest BCUT2D eigenvalue weighted by Gasteiger charge is -2.32. The maximum Gasteiger partial charge on any atom is 0.269 e. The Morgan fingerprint density at radius 2 is 2.04 bits per heavy atom. The maximum absolute atomic E-state index is 12.2. The molecule has 1 amide bonds. The molecule has 6 heteroatoms. The van der Waals surface area contributed by atoms with Crippen molar-refractivity contribution in [3.8, 4) is 5.75 Å². The largest absolute Gasteiger partial charge is 0.491 e. The molecule has 1 saturated heterocycles. The van der Waals surface area contributed by atoms with Crippen molar-refractivity contribution in [2.75, 3.05) is 19.6 Å². The van der Waals surface area contributed by atoms with Crippen LogP contribution in [0.5, 0.6) is 5.75 Å². The molecule has 0 spiro atoms. The first-order chi connectivity index (χ1) is 13.6. The molecular weight excluding hydrogens is 352 g/mol. The quantitative estimate of drug-likeness (QED) is 0.863. The number of ether oxygens (including phenoxy) is 1. The van der Waals surface area contributed by atoms with Gasteiger partial charge in [-0.1, -0.05) is 12.1 Å². The van der Waals surface area contributed by atoms with Gasteiger partial charge in [0.05, 0.1) is 11.8 Å². The van der Waals surface area contributed by atoms with E-state index in [0.29, 0.717) is 11.6 Å². The number of aryl methyl sites for hydroxylation is 1. The van der Waals surface area contributed by atoms with Crippen LogP contribution in [0.2, 0.25) is 0 Å². The van der Waals surface area contributed by atoms with Gasteiger partial charge in [0.2, 0.25) is 0 Å². The van der Waals surface area contributed by atoms with Crippen LogP contribution in [0.4, 0.5) is 0 Å². The molecule has 1 atom stereocenters. The van der Waals surface area contributed by atoms with Gasteiger partial charge in [-0.3, -0.25) is 14.4 Å². The number of piperidine rings is 1. The zero-order valence-electron chi connectivity index (χ0n) is 16.9. The molecule has 0 radical (unpaired) electrons. The highest BCUT2D eigenvalue weighted by molar-refractivity contribution is 5.92. The van der Waals surface area contributed by atoms with Crippen molar-refractivity contribution in [3.05, 3.63) is 47.3 Å². The van der Waals surface area contributed by atoms with E-state index in [2.05, 4.69) is 34.5 Å². The van der Waals surface area contributed by atoms with E-state index >= 15 is 0 Å². The first kappa shape index (κ1) is 19.0. The zero-order valence-corrected chi connectivity index (χ0v) is 16.9. The fraction of sp³-hybridized carbons (Fsp3) is 0.545. The Hall–Kier alpha value is -2.34. The average molecular weight is 383 g/mol. The van der Waals surface area contributed by atoms with Crippen LogP contribution in [0.15, 0.2) is 30.3 Å². The molecule has 2 aromatic rings. The summed E-state index contributed by atoms with van der Waals surface area (Å²) in [6.07, 6.45) is 3.43. The summed E-state index contributed by atoms with van der Waals surface area (Å²) in [5.41, 5.74) is 3.08. The molecule has 28 heavy (non-hydrogen) atoms. The third-order valence-corrected chi connectivity index (χ3v) is 5.49. The van der Waals surface area contributed by atoms with Crippen LogP contribution in [0, 0.1) is 0 Å². The van der Waals surface area contributed by atoms with E-state index in [1.54, 1.807) is 0 Å². The van der Waals surface area contributed by atoms with Gasteiger partial charge in [-0.15, -0.1) is 0 Å². The van der Waals surface area contributed by atoms with Crippen LogP contribution < -0.4 is 10.1 Å². The molecule has 2 aliphatic rings. The highest BCUT2D eigenvalue weighted by Crippen LogP contribution is 2.28. The summed E-state index contributed by atoms with van der Waals surface area (Å²) >= 11 is 0. The number of nitrogens with zero attached hydrogens (tertiary/aromatic N) is 3. The van der Waals surface area contributed by atoms with Gasteiger partial charge < -0.3 is 10.1 Å². The summed E-state index contributed by atoms with van der Waals surface area (Å²) in [6.45, 7) is 8.66. The minimum Gasteiger partial charge on any atom is -0.491 e. The zero-order chi connectivity index (χ0) is 19.5. The predicted molar refractivity (Wildman–Crippen MR) is 109 cm³/mol. The number of carbonyl (C=O) groups is 1. The van der Waals surface area contributed by atoms with Crippen molar-refractivity contribution >= 4 is 5.91 Å². The standard InChI is InChI=1S/C22H30N4O2/c1-16(2)28-19-8-6-17(7-9-19)14-25-11-3-5-18(15-25)20-13-21-22(27)23-10-4-12-26(21)24-20/h6-9,13,16,18H,3-5,10-12,14-15H2,1-2H3,(H,23,27). The van der Waals surface area contributed by atoms with E-state index in [1.807, 2.05) is 24.6 Å². The Labute approximate surface area is 166 Å². The number of nitrogens with one attached hydrogen (secondary N) is 1. The van der Waals surface area contributed by atoms with E-state index in [-0.39, 0.29) is 12.0 Å². The second-order valence-electron chi connectivity index (χ2n) is 8.17. The van der Waals surface area contributed by atoms with Gasteiger partial charge in [-0.25, -0.2) is 0 Å². The molecule has 1 fully saturated rings. The normalized spacial score (nSPS) is 20.5. The molecule has 1 unspecified atom stereocenters. The monoisotopic (exact) mass is 382 g/mol. The average Bonchev–Trinajstić information content (AvgIpc) is 3.03. The number of benzene rings is 1. The molecule has 1 aromatic heterocycles. The van der Waals surface area contributed by atoms with E-state index in [4.69, 9.17) is 9.84 Å². The van der Waals surface area contributed by atoms with E-state index in [1.165, 1.54) is 5.56 Å². The number of fused-ring (bicyclic) bond motifs is 1. The molecule has 2 aliphatic heterocycles. The van der Waals surface area contributed by atoms with Crippen molar-refractivity contribution in [1.82, 2.24) is 20.0 Å². The molecule has 4 rings (SSSR count). The molecule has 150 valence electrons. The van der Waals surface area contributed by atoms with E-state index < -0.39 is 0 Å². The molecule has 0 aliphatic carbocycles. The van der Waals surface area contributed by atoms with Gasteiger partial charge in [0.15, 0.2) is 0 Å². The number of aromatic nitrogens is 2. The van der Waals surface area contributed by atoms with Crippen molar-refractivity contribution in [2.24, 2.45) is 0 Å². The molecule has 1 aromatic carbocycles. The number of amides is 1. The van der Waals surface area contributed by atoms with E-state index in [9.17, 15) is 4.79 Å². The summed E-state index contributed by atoms with van der Waals surface area (Å²) in [7, 11) is 0. The van der Waals surface area contributed by atoms with Crippen LogP contribution in [-0.4, -0.2) is 46.3 Å². The topological polar surface area (TPSA) is 59.4 Å². The van der Waals surface area contributed by atoms with Crippen LogP contribution in [0.1, 0.15) is 60.8 Å². The highest BCUT2D eigenvalue weighted by Gasteiger charge is 2.26. The molecule has 0 saturated carbocycles. The fourth-order valence-corrected chi connectivity index (χ4v) is 4.16. The van der Waals surface area contributed by atoms with Crippen molar-refractivity contribution in [2.45, 2.75) is 58.2 Å². The van der Waals surface area contributed by atoms with Gasteiger partial charge in [-0.05, 0) is 63.4 Å². The summed E-state index contributed by atoms with van der Waals surface area (Å²) < 4.78 is 7.63. The van der Waals surface area contributed by atoms with Gasteiger partial charge >= 0.3 is 0 Å². The molecule has 3 heterocycles. The Balaban J connectivity index is 1.41. The number of carbonyl (C=O) groups excluding carboxylic acids is 1. The Bertz CT molecular complexity index is 812. The second kappa shape index (κ2) is 8.35. The summed E-state index contributed by atoms with van der Waals surface area (Å²) in [6, 6.07) is 10.4. The second-order valence-corrected chi connectivity index (χ2v) is 8.17. The first-order valence-corrected chi connectivity index (χ1v) is 10.4. The van der Waals surface area contributed by atoms with Crippen LogP contribution in [-0.2, 0) is 13.1 Å². The lowest BCUT2D eigenvalue weighted by Crippen LogP contribution is -2.34. The Morgan fingerprint density at radius 1 is 1.21 bits per heavy atom. The van der Waals surface area contributed by atoms with Gasteiger partial charge in [0, 0.05) is 32.1 Å². The molecule has 1 N–H and O–H groups in total. The third kappa shape index (κ3) is 4.38. The van der Waals surface area contributed by atoms with Crippen molar-refractivity contribution in [1.29, 1.82) is 0 Å². The lowest BCUT2D eigenvalue weighted by atomic mass is 9.94. The lowest BCUT2D eigenvalue weighted by molar-refractivity contribution is 0.0950.